The molecule has 1 nitrogen and oxygen atoms in total. The number of fused-ring (bicyclic) bond motifs is 1. The highest BCUT2D eigenvalue weighted by atomic mass is 35.5. The first-order chi connectivity index (χ1) is 6.29. The number of nitrogens with zero attached hydrogens (tertiary/aromatic N) is 1. The summed E-state index contributed by atoms with van der Waals surface area (Å²) in [5.74, 6) is 0. The Kier molecular flexibility index (Phi) is 2.82. The van der Waals surface area contributed by atoms with Gasteiger partial charge in [-0.2, -0.15) is 0 Å². The van der Waals surface area contributed by atoms with E-state index in [1.807, 2.05) is 18.0 Å². The predicted molar refractivity (Wildman–Crippen MR) is 59.1 cm³/mol. The maximum Gasteiger partial charge on any atom is 0.0408 e. The van der Waals surface area contributed by atoms with Crippen LogP contribution in [0.2, 0.25) is 5.02 Å². The van der Waals surface area contributed by atoms with E-state index in [1.165, 1.54) is 11.1 Å². The maximum absolute atomic E-state index is 5.93. The van der Waals surface area contributed by atoms with Crippen LogP contribution in [-0.4, -0.2) is 17.1 Å². The fraction of sp³-hybridized carbons (Fsp3) is 0.400. The topological polar surface area (TPSA) is 3.24 Å². The molecule has 1 aliphatic rings. The van der Waals surface area contributed by atoms with Crippen LogP contribution < -0.4 is 0 Å². The summed E-state index contributed by atoms with van der Waals surface area (Å²) in [4.78, 5) is 0. The number of hydrogen-bond acceptors (Lipinski definition) is 2. The molecule has 0 unspecified atom stereocenters. The quantitative estimate of drug-likeness (QED) is 0.660. The molecule has 0 spiro atoms. The Labute approximate surface area is 88.2 Å². The fourth-order valence-electron chi connectivity index (χ4n) is 1.65. The van der Waals surface area contributed by atoms with Gasteiger partial charge in [0.15, 0.2) is 0 Å². The maximum atomic E-state index is 5.93. The fourth-order valence-corrected chi connectivity index (χ4v) is 2.39. The highest BCUT2D eigenvalue weighted by molar-refractivity contribution is 7.96. The van der Waals surface area contributed by atoms with E-state index < -0.39 is 0 Å². The predicted octanol–water partition coefficient (Wildman–Crippen LogP) is 2.98. The lowest BCUT2D eigenvalue weighted by atomic mass is 10.0. The van der Waals surface area contributed by atoms with Crippen molar-refractivity contribution in [1.29, 1.82) is 0 Å². The van der Waals surface area contributed by atoms with Gasteiger partial charge in [-0.15, -0.1) is 0 Å². The van der Waals surface area contributed by atoms with Crippen molar-refractivity contribution >= 4 is 23.5 Å². The third kappa shape index (κ3) is 2.01. The van der Waals surface area contributed by atoms with Gasteiger partial charge < -0.3 is 0 Å². The summed E-state index contributed by atoms with van der Waals surface area (Å²) in [6.07, 6.45) is 3.25. The van der Waals surface area contributed by atoms with Crippen molar-refractivity contribution in [2.24, 2.45) is 0 Å². The van der Waals surface area contributed by atoms with E-state index in [0.29, 0.717) is 0 Å². The SMILES string of the molecule is CSN1CCc2cc(Cl)ccc2C1. The zero-order valence-corrected chi connectivity index (χ0v) is 9.16. The second kappa shape index (κ2) is 3.91. The van der Waals surface area contributed by atoms with Crippen molar-refractivity contribution in [1.82, 2.24) is 4.31 Å². The van der Waals surface area contributed by atoms with E-state index >= 15 is 0 Å². The average molecular weight is 214 g/mol. The summed E-state index contributed by atoms with van der Waals surface area (Å²) in [5.41, 5.74) is 2.84. The minimum Gasteiger partial charge on any atom is -0.246 e. The molecular formula is C10H12ClNS. The Morgan fingerprint density at radius 1 is 1.38 bits per heavy atom. The molecule has 0 saturated heterocycles. The van der Waals surface area contributed by atoms with Crippen LogP contribution in [0.3, 0.4) is 0 Å². The lowest BCUT2D eigenvalue weighted by Crippen LogP contribution is -2.24. The van der Waals surface area contributed by atoms with Crippen molar-refractivity contribution in [3.63, 3.8) is 0 Å². The van der Waals surface area contributed by atoms with Crippen molar-refractivity contribution < 1.29 is 0 Å². The van der Waals surface area contributed by atoms with Crippen molar-refractivity contribution in [2.75, 3.05) is 12.8 Å². The second-order valence-electron chi connectivity index (χ2n) is 3.21. The highest BCUT2D eigenvalue weighted by Gasteiger charge is 2.14. The van der Waals surface area contributed by atoms with Gasteiger partial charge in [0.25, 0.3) is 0 Å². The molecule has 0 N–H and O–H groups in total. The molecule has 0 aromatic heterocycles. The zero-order chi connectivity index (χ0) is 9.26. The van der Waals surface area contributed by atoms with E-state index in [0.717, 1.165) is 24.5 Å². The Hall–Kier alpha value is -0.180. The Balaban J connectivity index is 2.26. The third-order valence-electron chi connectivity index (χ3n) is 2.40. The second-order valence-corrected chi connectivity index (χ2v) is 4.53. The summed E-state index contributed by atoms with van der Waals surface area (Å²) in [7, 11) is 0. The molecular weight excluding hydrogens is 202 g/mol. The summed E-state index contributed by atoms with van der Waals surface area (Å²) >= 11 is 7.74. The van der Waals surface area contributed by atoms with Crippen LogP contribution in [0.25, 0.3) is 0 Å². The monoisotopic (exact) mass is 213 g/mol. The molecule has 1 aromatic carbocycles. The number of halogens is 1. The molecule has 0 bridgehead atoms. The summed E-state index contributed by atoms with van der Waals surface area (Å²) in [6, 6.07) is 6.21. The van der Waals surface area contributed by atoms with Gasteiger partial charge in [0.1, 0.15) is 0 Å². The lowest BCUT2D eigenvalue weighted by molar-refractivity contribution is 0.446. The van der Waals surface area contributed by atoms with E-state index in [2.05, 4.69) is 22.7 Å². The van der Waals surface area contributed by atoms with Crippen LogP contribution in [0.4, 0.5) is 0 Å². The zero-order valence-electron chi connectivity index (χ0n) is 7.59. The molecule has 70 valence electrons. The Bertz CT molecular complexity index is 314. The van der Waals surface area contributed by atoms with Gasteiger partial charge in [-0.1, -0.05) is 29.6 Å². The van der Waals surface area contributed by atoms with Gasteiger partial charge in [-0.25, -0.2) is 4.31 Å². The molecule has 3 heteroatoms. The molecule has 0 aliphatic carbocycles. The molecule has 0 atom stereocenters. The lowest BCUT2D eigenvalue weighted by Gasteiger charge is -2.26. The van der Waals surface area contributed by atoms with Gasteiger partial charge in [-0.05, 0) is 35.9 Å². The number of rotatable bonds is 1. The molecule has 0 radical (unpaired) electrons. The highest BCUT2D eigenvalue weighted by Crippen LogP contribution is 2.25. The van der Waals surface area contributed by atoms with Crippen molar-refractivity contribution in [3.8, 4) is 0 Å². The molecule has 2 rings (SSSR count). The standard InChI is InChI=1S/C10H12ClNS/c1-13-12-5-4-8-6-10(11)3-2-9(8)7-12/h2-3,6H,4-5,7H2,1H3. The van der Waals surface area contributed by atoms with Crippen LogP contribution in [-0.2, 0) is 13.0 Å². The summed E-state index contributed by atoms with van der Waals surface area (Å²) < 4.78 is 2.37. The molecule has 0 fully saturated rings. The van der Waals surface area contributed by atoms with Gasteiger partial charge in [0.2, 0.25) is 0 Å². The molecule has 1 aromatic rings. The average Bonchev–Trinajstić information content (AvgIpc) is 2.17. The molecule has 13 heavy (non-hydrogen) atoms. The summed E-state index contributed by atoms with van der Waals surface area (Å²) in [5, 5.41) is 0.858. The van der Waals surface area contributed by atoms with Gasteiger partial charge in [0, 0.05) is 18.1 Å². The minimum atomic E-state index is 0.858. The first-order valence-electron chi connectivity index (χ1n) is 4.36. The van der Waals surface area contributed by atoms with Gasteiger partial charge >= 0.3 is 0 Å². The first-order valence-corrected chi connectivity index (χ1v) is 5.92. The van der Waals surface area contributed by atoms with E-state index in [9.17, 15) is 0 Å². The molecule has 0 amide bonds. The van der Waals surface area contributed by atoms with Crippen LogP contribution in [0.5, 0.6) is 0 Å². The normalized spacial score (nSPS) is 17.1. The van der Waals surface area contributed by atoms with Crippen LogP contribution in [0.1, 0.15) is 11.1 Å². The van der Waals surface area contributed by atoms with Crippen molar-refractivity contribution in [2.45, 2.75) is 13.0 Å². The molecule has 0 saturated carbocycles. The minimum absolute atomic E-state index is 0.858. The van der Waals surface area contributed by atoms with Crippen molar-refractivity contribution in [3.05, 3.63) is 34.3 Å². The van der Waals surface area contributed by atoms with E-state index in [1.54, 1.807) is 0 Å². The third-order valence-corrected chi connectivity index (χ3v) is 3.47. The Morgan fingerprint density at radius 2 is 2.23 bits per heavy atom. The smallest absolute Gasteiger partial charge is 0.0408 e. The van der Waals surface area contributed by atoms with Crippen LogP contribution in [0.15, 0.2) is 18.2 Å². The van der Waals surface area contributed by atoms with Gasteiger partial charge in [0.05, 0.1) is 0 Å². The summed E-state index contributed by atoms with van der Waals surface area (Å²) in [6.45, 7) is 2.18. The van der Waals surface area contributed by atoms with Crippen LogP contribution >= 0.6 is 23.5 Å². The number of benzene rings is 1. The molecule has 1 aliphatic heterocycles. The largest absolute Gasteiger partial charge is 0.246 e. The molecule has 1 heterocycles. The Morgan fingerprint density at radius 3 is 3.00 bits per heavy atom. The van der Waals surface area contributed by atoms with Crippen LogP contribution in [0, 0.1) is 0 Å². The van der Waals surface area contributed by atoms with E-state index in [-0.39, 0.29) is 0 Å². The van der Waals surface area contributed by atoms with E-state index in [4.69, 9.17) is 11.6 Å². The number of hydrogen-bond donors (Lipinski definition) is 0. The first kappa shape index (κ1) is 9.38. The van der Waals surface area contributed by atoms with Gasteiger partial charge in [-0.3, -0.25) is 0 Å².